The van der Waals surface area contributed by atoms with E-state index in [1.54, 1.807) is 0 Å². The minimum absolute atomic E-state index is 0.0353. The van der Waals surface area contributed by atoms with Crippen molar-refractivity contribution in [2.24, 2.45) is 11.7 Å². The quantitative estimate of drug-likeness (QED) is 0.855. The number of hydrogen-bond donors (Lipinski definition) is 1. The van der Waals surface area contributed by atoms with Gasteiger partial charge in [0.1, 0.15) is 0 Å². The Morgan fingerprint density at radius 2 is 2.00 bits per heavy atom. The molecule has 17 heavy (non-hydrogen) atoms. The van der Waals surface area contributed by atoms with Crippen molar-refractivity contribution in [1.82, 2.24) is 0 Å². The second kappa shape index (κ2) is 4.99. The van der Waals surface area contributed by atoms with Crippen LogP contribution in [0.5, 0.6) is 0 Å². The summed E-state index contributed by atoms with van der Waals surface area (Å²) in [6, 6.07) is 5.59. The van der Waals surface area contributed by atoms with Crippen molar-refractivity contribution in [2.45, 2.75) is 12.5 Å². The summed E-state index contributed by atoms with van der Waals surface area (Å²) in [6.45, 7) is 0. The smallest absolute Gasteiger partial charge is 0.150 e. The maximum atomic E-state index is 11.4. The van der Waals surface area contributed by atoms with Gasteiger partial charge in [-0.2, -0.15) is 0 Å². The fourth-order valence-electron chi connectivity index (χ4n) is 2.10. The number of rotatable bonds is 2. The van der Waals surface area contributed by atoms with Crippen LogP contribution in [0.2, 0.25) is 0 Å². The Morgan fingerprint density at radius 3 is 2.53 bits per heavy atom. The van der Waals surface area contributed by atoms with Crippen molar-refractivity contribution in [3.05, 3.63) is 32.7 Å². The number of hydrogen-bond acceptors (Lipinski definition) is 3. The Labute approximate surface area is 118 Å². The molecule has 2 unspecified atom stereocenters. The van der Waals surface area contributed by atoms with Gasteiger partial charge in [-0.15, -0.1) is 0 Å². The highest BCUT2D eigenvalue weighted by Gasteiger charge is 2.32. The zero-order valence-corrected chi connectivity index (χ0v) is 13.1. The van der Waals surface area contributed by atoms with Crippen LogP contribution in [0.3, 0.4) is 0 Å². The monoisotopic (exact) mass is 381 g/mol. The topological polar surface area (TPSA) is 60.2 Å². The molecule has 0 bridgehead atoms. The van der Waals surface area contributed by atoms with Crippen LogP contribution in [0.15, 0.2) is 27.1 Å². The lowest BCUT2D eigenvalue weighted by Crippen LogP contribution is -2.22. The molecule has 3 nitrogen and oxygen atoms in total. The number of halogens is 2. The molecule has 1 fully saturated rings. The molecule has 0 saturated carbocycles. The van der Waals surface area contributed by atoms with Crippen molar-refractivity contribution in [3.63, 3.8) is 0 Å². The number of sulfone groups is 1. The van der Waals surface area contributed by atoms with E-state index in [0.29, 0.717) is 6.42 Å². The van der Waals surface area contributed by atoms with Crippen molar-refractivity contribution < 1.29 is 8.42 Å². The molecule has 1 aromatic carbocycles. The molecule has 1 aliphatic heterocycles. The molecule has 1 saturated heterocycles. The molecule has 6 heteroatoms. The van der Waals surface area contributed by atoms with E-state index in [-0.39, 0.29) is 23.5 Å². The van der Waals surface area contributed by atoms with E-state index in [1.165, 1.54) is 0 Å². The first kappa shape index (κ1) is 13.5. The van der Waals surface area contributed by atoms with E-state index in [1.807, 2.05) is 18.2 Å². The molecule has 1 aliphatic rings. The lowest BCUT2D eigenvalue weighted by molar-refractivity contribution is 0.480. The van der Waals surface area contributed by atoms with Crippen LogP contribution in [0.1, 0.15) is 18.0 Å². The third-order valence-corrected chi connectivity index (χ3v) is 6.78. The van der Waals surface area contributed by atoms with Crippen LogP contribution in [0.25, 0.3) is 0 Å². The maximum Gasteiger partial charge on any atom is 0.150 e. The SMILES string of the molecule is NC(c1ccc(Br)c(Br)c1)C1CCS(=O)(=O)C1. The fraction of sp³-hybridized carbons (Fsp3) is 0.455. The first-order valence-corrected chi connectivity index (χ1v) is 8.71. The van der Waals surface area contributed by atoms with Crippen LogP contribution in [0.4, 0.5) is 0 Å². The van der Waals surface area contributed by atoms with Gasteiger partial charge in [-0.05, 0) is 61.9 Å². The first-order valence-electron chi connectivity index (χ1n) is 5.30. The van der Waals surface area contributed by atoms with Gasteiger partial charge in [-0.25, -0.2) is 8.42 Å². The summed E-state index contributed by atoms with van der Waals surface area (Å²) in [5.41, 5.74) is 7.11. The van der Waals surface area contributed by atoms with Gasteiger partial charge in [0.25, 0.3) is 0 Å². The maximum absolute atomic E-state index is 11.4. The zero-order chi connectivity index (χ0) is 12.6. The van der Waals surface area contributed by atoms with Crippen molar-refractivity contribution >= 4 is 41.7 Å². The van der Waals surface area contributed by atoms with Crippen molar-refractivity contribution in [1.29, 1.82) is 0 Å². The van der Waals surface area contributed by atoms with E-state index in [9.17, 15) is 8.42 Å². The van der Waals surface area contributed by atoms with Gasteiger partial charge in [0.05, 0.1) is 11.5 Å². The van der Waals surface area contributed by atoms with E-state index >= 15 is 0 Å². The molecule has 2 atom stereocenters. The van der Waals surface area contributed by atoms with Gasteiger partial charge in [-0.1, -0.05) is 6.07 Å². The zero-order valence-electron chi connectivity index (χ0n) is 9.07. The predicted octanol–water partition coefficient (Wildman–Crippen LogP) is 2.65. The molecule has 0 amide bonds. The summed E-state index contributed by atoms with van der Waals surface area (Å²) in [7, 11) is -2.87. The van der Waals surface area contributed by atoms with Crippen LogP contribution in [-0.4, -0.2) is 19.9 Å². The standard InChI is InChI=1S/C11H13Br2NO2S/c12-9-2-1-7(5-10(9)13)11(14)8-3-4-17(15,16)6-8/h1-2,5,8,11H,3-4,6,14H2. The highest BCUT2D eigenvalue weighted by atomic mass is 79.9. The molecular formula is C11H13Br2NO2S. The van der Waals surface area contributed by atoms with E-state index in [0.717, 1.165) is 14.5 Å². The summed E-state index contributed by atoms with van der Waals surface area (Å²) in [4.78, 5) is 0. The van der Waals surface area contributed by atoms with Crippen molar-refractivity contribution in [2.75, 3.05) is 11.5 Å². The Balaban J connectivity index is 2.20. The Kier molecular flexibility index (Phi) is 3.97. The third kappa shape index (κ3) is 3.10. The van der Waals surface area contributed by atoms with Crippen LogP contribution in [0, 0.1) is 5.92 Å². The largest absolute Gasteiger partial charge is 0.324 e. The molecule has 0 aliphatic carbocycles. The molecular weight excluding hydrogens is 370 g/mol. The lowest BCUT2D eigenvalue weighted by atomic mass is 9.93. The first-order chi connectivity index (χ1) is 7.89. The van der Waals surface area contributed by atoms with E-state index in [4.69, 9.17) is 5.73 Å². The Morgan fingerprint density at radius 1 is 1.29 bits per heavy atom. The summed E-state index contributed by atoms with van der Waals surface area (Å²) in [5.74, 6) is 0.512. The highest BCUT2D eigenvalue weighted by molar-refractivity contribution is 9.13. The summed E-state index contributed by atoms with van der Waals surface area (Å²) in [5, 5.41) is 0. The summed E-state index contributed by atoms with van der Waals surface area (Å²) < 4.78 is 24.8. The van der Waals surface area contributed by atoms with Gasteiger partial charge < -0.3 is 5.73 Å². The van der Waals surface area contributed by atoms with Gasteiger partial charge >= 0.3 is 0 Å². The molecule has 1 aromatic rings. The summed E-state index contributed by atoms with van der Waals surface area (Å²) >= 11 is 6.82. The molecule has 2 N–H and O–H groups in total. The number of nitrogens with two attached hydrogens (primary N) is 1. The minimum atomic E-state index is -2.87. The second-order valence-corrected chi connectivity index (χ2v) is 8.30. The molecule has 2 rings (SSSR count). The number of benzene rings is 1. The highest BCUT2D eigenvalue weighted by Crippen LogP contribution is 2.32. The van der Waals surface area contributed by atoms with Gasteiger partial charge in [0, 0.05) is 15.0 Å². The van der Waals surface area contributed by atoms with Crippen LogP contribution in [-0.2, 0) is 9.84 Å². The third-order valence-electron chi connectivity index (χ3n) is 3.10. The predicted molar refractivity (Wildman–Crippen MR) is 75.5 cm³/mol. The second-order valence-electron chi connectivity index (χ2n) is 4.36. The van der Waals surface area contributed by atoms with Gasteiger partial charge in [0.15, 0.2) is 9.84 Å². The molecule has 0 radical (unpaired) electrons. The van der Waals surface area contributed by atoms with Gasteiger partial charge in [0.2, 0.25) is 0 Å². The molecule has 94 valence electrons. The van der Waals surface area contributed by atoms with Crippen molar-refractivity contribution in [3.8, 4) is 0 Å². The Hall–Kier alpha value is 0.0900. The van der Waals surface area contributed by atoms with Crippen LogP contribution < -0.4 is 5.73 Å². The van der Waals surface area contributed by atoms with Crippen LogP contribution >= 0.6 is 31.9 Å². The molecule has 0 aromatic heterocycles. The lowest BCUT2D eigenvalue weighted by Gasteiger charge is -2.18. The molecule has 1 heterocycles. The molecule has 0 spiro atoms. The average molecular weight is 383 g/mol. The minimum Gasteiger partial charge on any atom is -0.324 e. The fourth-order valence-corrected chi connectivity index (χ4v) is 4.60. The van der Waals surface area contributed by atoms with E-state index in [2.05, 4.69) is 31.9 Å². The normalized spacial score (nSPS) is 24.8. The Bertz CT molecular complexity index is 530. The average Bonchev–Trinajstić information content (AvgIpc) is 2.62. The van der Waals surface area contributed by atoms with E-state index < -0.39 is 9.84 Å². The summed E-state index contributed by atoms with van der Waals surface area (Å²) in [6.07, 6.45) is 0.664. The van der Waals surface area contributed by atoms with Gasteiger partial charge in [-0.3, -0.25) is 0 Å².